The monoisotopic (exact) mass is 470 g/mol. The predicted molar refractivity (Wildman–Crippen MR) is 131 cm³/mol. The second-order valence-electron chi connectivity index (χ2n) is 8.16. The van der Waals surface area contributed by atoms with Crippen LogP contribution in [0.5, 0.6) is 5.75 Å². The van der Waals surface area contributed by atoms with Crippen molar-refractivity contribution in [3.8, 4) is 17.0 Å². The van der Waals surface area contributed by atoms with Crippen LogP contribution in [0.4, 0.5) is 5.69 Å². The number of anilines is 1. The molecule has 1 aliphatic rings. The van der Waals surface area contributed by atoms with E-state index in [0.29, 0.717) is 18.0 Å². The van der Waals surface area contributed by atoms with Crippen LogP contribution in [-0.2, 0) is 17.8 Å². The van der Waals surface area contributed by atoms with Crippen LogP contribution >= 0.6 is 11.3 Å². The topological polar surface area (TPSA) is 79.7 Å². The zero-order valence-electron chi connectivity index (χ0n) is 18.5. The number of carbonyl (C=O) groups is 2. The Hall–Kier alpha value is -3.97. The lowest BCUT2D eigenvalue weighted by Gasteiger charge is -2.33. The van der Waals surface area contributed by atoms with Gasteiger partial charge >= 0.3 is 5.97 Å². The quantitative estimate of drug-likeness (QED) is 0.407. The summed E-state index contributed by atoms with van der Waals surface area (Å²) in [6, 6.07) is 22.6. The number of aromatic carboxylic acids is 1. The minimum Gasteiger partial charge on any atom is -0.479 e. The van der Waals surface area contributed by atoms with Gasteiger partial charge in [-0.3, -0.25) is 4.79 Å². The summed E-state index contributed by atoms with van der Waals surface area (Å²) in [6.07, 6.45) is 0.169. The maximum absolute atomic E-state index is 13.0. The lowest BCUT2D eigenvalue weighted by Crippen LogP contribution is -2.44. The Morgan fingerprint density at radius 3 is 2.56 bits per heavy atom. The minimum absolute atomic E-state index is 0.144. The zero-order valence-corrected chi connectivity index (χ0v) is 19.3. The lowest BCUT2D eigenvalue weighted by molar-refractivity contribution is -0.125. The number of nitrogens with zero attached hydrogens (tertiary/aromatic N) is 2. The molecule has 0 fully saturated rings. The molecule has 0 bridgehead atoms. The van der Waals surface area contributed by atoms with Gasteiger partial charge in [-0.25, -0.2) is 9.78 Å². The third kappa shape index (κ3) is 4.43. The van der Waals surface area contributed by atoms with Gasteiger partial charge in [0.05, 0.1) is 28.5 Å². The molecule has 1 amide bonds. The first kappa shape index (κ1) is 21.9. The van der Waals surface area contributed by atoms with E-state index >= 15 is 0 Å². The van der Waals surface area contributed by atoms with Crippen molar-refractivity contribution in [1.82, 2.24) is 4.98 Å². The molecule has 34 heavy (non-hydrogen) atoms. The van der Waals surface area contributed by atoms with Crippen LogP contribution in [0, 0.1) is 0 Å². The van der Waals surface area contributed by atoms with Crippen molar-refractivity contribution in [2.45, 2.75) is 26.0 Å². The van der Waals surface area contributed by atoms with Crippen molar-refractivity contribution in [2.75, 3.05) is 4.90 Å². The Morgan fingerprint density at radius 1 is 1.06 bits per heavy atom. The van der Waals surface area contributed by atoms with E-state index in [4.69, 9.17) is 14.8 Å². The Morgan fingerprint density at radius 2 is 1.82 bits per heavy atom. The van der Waals surface area contributed by atoms with Crippen molar-refractivity contribution in [3.05, 3.63) is 99.9 Å². The van der Waals surface area contributed by atoms with Crippen molar-refractivity contribution in [2.24, 2.45) is 0 Å². The molecule has 170 valence electrons. The highest BCUT2D eigenvalue weighted by atomic mass is 32.1. The maximum atomic E-state index is 13.0. The van der Waals surface area contributed by atoms with Crippen LogP contribution in [0.3, 0.4) is 0 Å². The minimum atomic E-state index is -0.979. The Bertz CT molecular complexity index is 1350. The second kappa shape index (κ2) is 9.11. The maximum Gasteiger partial charge on any atom is 0.335 e. The van der Waals surface area contributed by atoms with Gasteiger partial charge in [0.15, 0.2) is 6.10 Å². The van der Waals surface area contributed by atoms with Gasteiger partial charge in [-0.15, -0.1) is 11.3 Å². The molecule has 0 spiro atoms. The number of hydrogen-bond acceptors (Lipinski definition) is 5. The molecule has 3 aromatic carbocycles. The van der Waals surface area contributed by atoms with Gasteiger partial charge in [0.25, 0.3) is 5.91 Å². The molecular formula is C27H22N2O4S. The van der Waals surface area contributed by atoms with E-state index in [1.807, 2.05) is 41.8 Å². The lowest BCUT2D eigenvalue weighted by atomic mass is 10.1. The first-order valence-electron chi connectivity index (χ1n) is 10.9. The van der Waals surface area contributed by atoms with Gasteiger partial charge in [-0.1, -0.05) is 42.5 Å². The molecule has 1 atom stereocenters. The molecule has 2 heterocycles. The number of carboxylic acids is 1. The molecule has 1 N–H and O–H groups in total. The first-order valence-corrected chi connectivity index (χ1v) is 11.8. The summed E-state index contributed by atoms with van der Waals surface area (Å²) in [6.45, 7) is 2.05. The fourth-order valence-electron chi connectivity index (χ4n) is 3.96. The number of ether oxygens (including phenoxy) is 1. The van der Waals surface area contributed by atoms with E-state index in [2.05, 4.69) is 12.1 Å². The molecule has 6 nitrogen and oxygen atoms in total. The number of hydrogen-bond donors (Lipinski definition) is 1. The number of rotatable bonds is 6. The number of thiazole rings is 1. The summed E-state index contributed by atoms with van der Waals surface area (Å²) in [5.41, 5.74) is 4.70. The van der Waals surface area contributed by atoms with Crippen molar-refractivity contribution in [1.29, 1.82) is 0 Å². The number of carbonyl (C=O) groups excluding carboxylic acids is 1. The van der Waals surface area contributed by atoms with Crippen LogP contribution < -0.4 is 9.64 Å². The molecule has 7 heteroatoms. The Labute approximate surface area is 201 Å². The number of benzene rings is 3. The molecule has 4 aromatic rings. The third-order valence-electron chi connectivity index (χ3n) is 5.75. The van der Waals surface area contributed by atoms with Gasteiger partial charge in [-0.05, 0) is 48.4 Å². The summed E-state index contributed by atoms with van der Waals surface area (Å²) in [7, 11) is 0. The van der Waals surface area contributed by atoms with Crippen molar-refractivity contribution >= 4 is 28.9 Å². The highest BCUT2D eigenvalue weighted by molar-refractivity contribution is 7.10. The molecular weight excluding hydrogens is 448 g/mol. The van der Waals surface area contributed by atoms with E-state index in [1.54, 1.807) is 47.4 Å². The molecule has 0 saturated heterocycles. The van der Waals surface area contributed by atoms with Crippen molar-refractivity contribution < 1.29 is 19.4 Å². The second-order valence-corrected chi connectivity index (χ2v) is 9.10. The molecule has 0 aliphatic carbocycles. The number of amides is 1. The molecule has 1 aliphatic heterocycles. The van der Waals surface area contributed by atoms with E-state index < -0.39 is 12.1 Å². The van der Waals surface area contributed by atoms with Crippen LogP contribution in [0.2, 0.25) is 0 Å². The Balaban J connectivity index is 1.43. The van der Waals surface area contributed by atoms with E-state index in [9.17, 15) is 9.59 Å². The van der Waals surface area contributed by atoms with Crippen LogP contribution in [-0.4, -0.2) is 28.1 Å². The van der Waals surface area contributed by atoms with Crippen molar-refractivity contribution in [3.63, 3.8) is 0 Å². The molecule has 0 radical (unpaired) electrons. The summed E-state index contributed by atoms with van der Waals surface area (Å²) in [5.74, 6) is -0.486. The van der Waals surface area contributed by atoms with E-state index in [1.165, 1.54) is 5.56 Å². The summed E-state index contributed by atoms with van der Waals surface area (Å²) in [4.78, 5) is 30.7. The SMILES string of the molecule is CC1Oc2ccc(-c3csc(Cc4ccccc4)n3)cc2N(Cc2ccc(C(=O)O)cc2)C1=O. The number of fused-ring (bicyclic) bond motifs is 1. The first-order chi connectivity index (χ1) is 16.5. The number of aromatic nitrogens is 1. The van der Waals surface area contributed by atoms with E-state index in [-0.39, 0.29) is 11.5 Å². The van der Waals surface area contributed by atoms with Gasteiger partial charge in [0, 0.05) is 17.4 Å². The normalized spacial score (nSPS) is 15.0. The smallest absolute Gasteiger partial charge is 0.335 e. The number of carboxylic acid groups (broad SMARTS) is 1. The summed E-state index contributed by atoms with van der Waals surface area (Å²) < 4.78 is 5.85. The average Bonchev–Trinajstić information content (AvgIpc) is 3.31. The molecule has 5 rings (SSSR count). The largest absolute Gasteiger partial charge is 0.479 e. The molecule has 0 saturated carbocycles. The summed E-state index contributed by atoms with van der Waals surface area (Å²) in [5, 5.41) is 12.2. The Kier molecular flexibility index (Phi) is 5.86. The fourth-order valence-corrected chi connectivity index (χ4v) is 4.80. The highest BCUT2D eigenvalue weighted by Crippen LogP contribution is 2.38. The third-order valence-corrected chi connectivity index (χ3v) is 6.60. The predicted octanol–water partition coefficient (Wildman–Crippen LogP) is 5.41. The van der Waals surface area contributed by atoms with Gasteiger partial charge in [0.1, 0.15) is 5.75 Å². The molecule has 1 aromatic heterocycles. The van der Waals surface area contributed by atoms with E-state index in [0.717, 1.165) is 28.2 Å². The van der Waals surface area contributed by atoms with Crippen LogP contribution in [0.15, 0.2) is 78.2 Å². The zero-order chi connectivity index (χ0) is 23.7. The fraction of sp³-hybridized carbons (Fsp3) is 0.148. The average molecular weight is 471 g/mol. The van der Waals surface area contributed by atoms with Gasteiger partial charge in [-0.2, -0.15) is 0 Å². The van der Waals surface area contributed by atoms with Crippen LogP contribution in [0.1, 0.15) is 33.4 Å². The van der Waals surface area contributed by atoms with Crippen LogP contribution in [0.25, 0.3) is 11.3 Å². The van der Waals surface area contributed by atoms with Gasteiger partial charge < -0.3 is 14.7 Å². The molecule has 1 unspecified atom stereocenters. The highest BCUT2D eigenvalue weighted by Gasteiger charge is 2.32. The van der Waals surface area contributed by atoms with Gasteiger partial charge in [0.2, 0.25) is 0 Å². The summed E-state index contributed by atoms with van der Waals surface area (Å²) >= 11 is 1.61. The standard InChI is InChI=1S/C27H22N2O4S/c1-17-26(30)29(15-19-7-9-20(10-8-19)27(31)32)23-14-21(11-12-24(23)33-17)22-16-34-25(28-22)13-18-5-3-2-4-6-18/h2-12,14,16-17H,13,15H2,1H3,(H,31,32).